The number of rotatable bonds is 6. The van der Waals surface area contributed by atoms with Crippen molar-refractivity contribution in [2.24, 2.45) is 0 Å². The first-order chi connectivity index (χ1) is 12.2. The van der Waals surface area contributed by atoms with Crippen LogP contribution in [0.4, 0.5) is 0 Å². The Hall–Kier alpha value is -1.53. The second-order valence-corrected chi connectivity index (χ2v) is 6.43. The van der Waals surface area contributed by atoms with Crippen molar-refractivity contribution in [2.75, 3.05) is 33.4 Å². The number of piperazine rings is 1. The molecule has 1 aliphatic heterocycles. The van der Waals surface area contributed by atoms with Gasteiger partial charge in [-0.25, -0.2) is 0 Å². The lowest BCUT2D eigenvalue weighted by Crippen LogP contribution is -2.45. The summed E-state index contributed by atoms with van der Waals surface area (Å²) in [6.07, 6.45) is 3.75. The Morgan fingerprint density at radius 3 is 2.92 bits per heavy atom. The van der Waals surface area contributed by atoms with Crippen LogP contribution in [0.3, 0.4) is 0 Å². The molecule has 7 heteroatoms. The fourth-order valence-corrected chi connectivity index (χ4v) is 3.51. The number of pyridine rings is 1. The molecule has 1 saturated heterocycles. The van der Waals surface area contributed by atoms with Crippen LogP contribution < -0.4 is 14.8 Å². The number of hydrogen-bond donors (Lipinski definition) is 1. The zero-order valence-electron chi connectivity index (χ0n) is 15.1. The normalized spacial score (nSPS) is 17.4. The van der Waals surface area contributed by atoms with Gasteiger partial charge in [0.05, 0.1) is 18.7 Å². The van der Waals surface area contributed by atoms with Gasteiger partial charge in [0, 0.05) is 44.6 Å². The van der Waals surface area contributed by atoms with Gasteiger partial charge < -0.3 is 14.8 Å². The van der Waals surface area contributed by atoms with Crippen LogP contribution in [0.1, 0.15) is 24.1 Å². The van der Waals surface area contributed by atoms with E-state index in [1.807, 2.05) is 31.3 Å². The van der Waals surface area contributed by atoms with Crippen molar-refractivity contribution in [3.8, 4) is 11.5 Å². The van der Waals surface area contributed by atoms with E-state index in [9.17, 15) is 0 Å². The summed E-state index contributed by atoms with van der Waals surface area (Å²) in [6, 6.07) is 8.39. The van der Waals surface area contributed by atoms with E-state index in [-0.39, 0.29) is 12.4 Å². The number of aromatic nitrogens is 1. The topological polar surface area (TPSA) is 46.6 Å². The Morgan fingerprint density at radius 1 is 1.38 bits per heavy atom. The molecule has 1 aliphatic rings. The lowest BCUT2D eigenvalue weighted by molar-refractivity contribution is 0.153. The van der Waals surface area contributed by atoms with E-state index in [0.29, 0.717) is 29.2 Å². The monoisotopic (exact) mass is 397 g/mol. The van der Waals surface area contributed by atoms with Crippen molar-refractivity contribution in [1.29, 1.82) is 0 Å². The standard InChI is InChI=1S/C19H24ClN3O2.ClH/c1-3-25-19-16(20)9-14(10-18(19)24-2)13-23-8-7-22-12-17(23)15-5-4-6-21-11-15;/h4-6,9-11,17,22H,3,7-8,12-13H2,1-2H3;1H. The highest BCUT2D eigenvalue weighted by atomic mass is 35.5. The van der Waals surface area contributed by atoms with Crippen LogP contribution in [-0.2, 0) is 6.54 Å². The summed E-state index contributed by atoms with van der Waals surface area (Å²) in [7, 11) is 1.64. The number of halogens is 2. The van der Waals surface area contributed by atoms with E-state index < -0.39 is 0 Å². The molecule has 1 aromatic heterocycles. The van der Waals surface area contributed by atoms with Gasteiger partial charge in [0.2, 0.25) is 0 Å². The molecule has 0 aliphatic carbocycles. The predicted octanol–water partition coefficient (Wildman–Crippen LogP) is 3.71. The third-order valence-electron chi connectivity index (χ3n) is 4.39. The Labute approximate surface area is 166 Å². The number of methoxy groups -OCH3 is 1. The predicted molar refractivity (Wildman–Crippen MR) is 107 cm³/mol. The van der Waals surface area contributed by atoms with Crippen LogP contribution in [0.15, 0.2) is 36.7 Å². The molecule has 142 valence electrons. The highest BCUT2D eigenvalue weighted by molar-refractivity contribution is 6.32. The van der Waals surface area contributed by atoms with Crippen LogP contribution >= 0.6 is 24.0 Å². The van der Waals surface area contributed by atoms with E-state index in [4.69, 9.17) is 21.1 Å². The Morgan fingerprint density at radius 2 is 2.23 bits per heavy atom. The maximum atomic E-state index is 6.42. The Kier molecular flexibility index (Phi) is 7.97. The van der Waals surface area contributed by atoms with Gasteiger partial charge in [-0.15, -0.1) is 12.4 Å². The van der Waals surface area contributed by atoms with Crippen LogP contribution in [0.2, 0.25) is 5.02 Å². The molecule has 1 aromatic carbocycles. The van der Waals surface area contributed by atoms with Crippen molar-refractivity contribution in [3.05, 3.63) is 52.8 Å². The smallest absolute Gasteiger partial charge is 0.179 e. The van der Waals surface area contributed by atoms with E-state index in [1.165, 1.54) is 5.56 Å². The molecule has 0 spiro atoms. The molecule has 26 heavy (non-hydrogen) atoms. The van der Waals surface area contributed by atoms with Gasteiger partial charge >= 0.3 is 0 Å². The third kappa shape index (κ3) is 4.80. The minimum absolute atomic E-state index is 0. The summed E-state index contributed by atoms with van der Waals surface area (Å²) in [5, 5.41) is 4.06. The Balaban J connectivity index is 0.00000243. The lowest BCUT2D eigenvalue weighted by atomic mass is 10.0. The van der Waals surface area contributed by atoms with Crippen molar-refractivity contribution >= 4 is 24.0 Å². The van der Waals surface area contributed by atoms with Crippen LogP contribution in [0.25, 0.3) is 0 Å². The number of nitrogens with zero attached hydrogens (tertiary/aromatic N) is 2. The molecule has 1 fully saturated rings. The molecular formula is C19H25Cl2N3O2. The lowest BCUT2D eigenvalue weighted by Gasteiger charge is -2.36. The quantitative estimate of drug-likeness (QED) is 0.804. The fraction of sp³-hybridized carbons (Fsp3) is 0.421. The Bertz CT molecular complexity index is 701. The highest BCUT2D eigenvalue weighted by Gasteiger charge is 2.24. The molecule has 1 atom stereocenters. The maximum absolute atomic E-state index is 6.42. The summed E-state index contributed by atoms with van der Waals surface area (Å²) in [6.45, 7) is 6.13. The van der Waals surface area contributed by atoms with Gasteiger partial charge in [-0.3, -0.25) is 9.88 Å². The van der Waals surface area contributed by atoms with Gasteiger partial charge in [0.1, 0.15) is 0 Å². The molecule has 2 heterocycles. The number of hydrogen-bond acceptors (Lipinski definition) is 5. The average Bonchev–Trinajstić information content (AvgIpc) is 2.65. The number of ether oxygens (including phenoxy) is 2. The first-order valence-corrected chi connectivity index (χ1v) is 8.94. The third-order valence-corrected chi connectivity index (χ3v) is 4.67. The molecule has 1 N–H and O–H groups in total. The van der Waals surface area contributed by atoms with E-state index in [0.717, 1.165) is 31.7 Å². The van der Waals surface area contributed by atoms with Crippen molar-refractivity contribution in [1.82, 2.24) is 15.2 Å². The molecule has 3 rings (SSSR count). The molecular weight excluding hydrogens is 373 g/mol. The van der Waals surface area contributed by atoms with E-state index in [1.54, 1.807) is 13.3 Å². The minimum Gasteiger partial charge on any atom is -0.493 e. The van der Waals surface area contributed by atoms with Crippen LogP contribution in [-0.4, -0.2) is 43.2 Å². The zero-order chi connectivity index (χ0) is 17.6. The fourth-order valence-electron chi connectivity index (χ4n) is 3.22. The molecule has 5 nitrogen and oxygen atoms in total. The molecule has 0 saturated carbocycles. The molecule has 1 unspecified atom stereocenters. The maximum Gasteiger partial charge on any atom is 0.179 e. The van der Waals surface area contributed by atoms with Gasteiger partial charge in [0.15, 0.2) is 11.5 Å². The summed E-state index contributed by atoms with van der Waals surface area (Å²) in [5.41, 5.74) is 2.33. The van der Waals surface area contributed by atoms with Gasteiger partial charge in [-0.05, 0) is 36.2 Å². The summed E-state index contributed by atoms with van der Waals surface area (Å²) >= 11 is 6.42. The van der Waals surface area contributed by atoms with E-state index in [2.05, 4.69) is 21.3 Å². The van der Waals surface area contributed by atoms with Gasteiger partial charge in [-0.2, -0.15) is 0 Å². The van der Waals surface area contributed by atoms with Crippen LogP contribution in [0, 0.1) is 0 Å². The van der Waals surface area contributed by atoms with Gasteiger partial charge in [0.25, 0.3) is 0 Å². The largest absolute Gasteiger partial charge is 0.493 e. The molecule has 2 aromatic rings. The first-order valence-electron chi connectivity index (χ1n) is 8.56. The van der Waals surface area contributed by atoms with Crippen molar-refractivity contribution in [2.45, 2.75) is 19.5 Å². The second kappa shape index (κ2) is 9.97. The number of benzene rings is 1. The summed E-state index contributed by atoms with van der Waals surface area (Å²) in [5.74, 6) is 1.29. The summed E-state index contributed by atoms with van der Waals surface area (Å²) in [4.78, 5) is 6.71. The number of nitrogens with one attached hydrogen (secondary N) is 1. The molecule has 0 radical (unpaired) electrons. The average molecular weight is 398 g/mol. The first kappa shape index (κ1) is 20.8. The van der Waals surface area contributed by atoms with Crippen LogP contribution in [0.5, 0.6) is 11.5 Å². The van der Waals surface area contributed by atoms with Crippen molar-refractivity contribution in [3.63, 3.8) is 0 Å². The molecule has 0 amide bonds. The molecule has 0 bridgehead atoms. The SMILES string of the molecule is CCOc1c(Cl)cc(CN2CCNCC2c2cccnc2)cc1OC.Cl. The highest BCUT2D eigenvalue weighted by Crippen LogP contribution is 2.37. The minimum atomic E-state index is 0. The zero-order valence-corrected chi connectivity index (χ0v) is 16.6. The van der Waals surface area contributed by atoms with E-state index >= 15 is 0 Å². The van der Waals surface area contributed by atoms with Crippen molar-refractivity contribution < 1.29 is 9.47 Å². The second-order valence-electron chi connectivity index (χ2n) is 6.02. The van der Waals surface area contributed by atoms with Gasteiger partial charge in [-0.1, -0.05) is 17.7 Å². The summed E-state index contributed by atoms with van der Waals surface area (Å²) < 4.78 is 11.1.